The van der Waals surface area contributed by atoms with Gasteiger partial charge in [-0.25, -0.2) is 14.8 Å². The average Bonchev–Trinajstić information content (AvgIpc) is 2.62. The van der Waals surface area contributed by atoms with Crippen LogP contribution in [0.1, 0.15) is 13.8 Å². The van der Waals surface area contributed by atoms with E-state index in [0.29, 0.717) is 24.7 Å². The predicted molar refractivity (Wildman–Crippen MR) is 94.6 cm³/mol. The summed E-state index contributed by atoms with van der Waals surface area (Å²) in [5.41, 5.74) is 0.530. The molecule has 25 heavy (non-hydrogen) atoms. The summed E-state index contributed by atoms with van der Waals surface area (Å²) in [6, 6.07) is -0.140. The highest BCUT2D eigenvalue weighted by Gasteiger charge is 2.28. The molecule has 1 aromatic rings. The van der Waals surface area contributed by atoms with E-state index in [4.69, 9.17) is 0 Å². The number of carbonyl (C=O) groups excluding carboxylic acids is 2. The monoisotopic (exact) mass is 347 g/mol. The summed E-state index contributed by atoms with van der Waals surface area (Å²) in [7, 11) is 0. The van der Waals surface area contributed by atoms with Gasteiger partial charge in [-0.2, -0.15) is 0 Å². The van der Waals surface area contributed by atoms with Crippen molar-refractivity contribution < 1.29 is 9.59 Å². The van der Waals surface area contributed by atoms with Gasteiger partial charge in [-0.15, -0.1) is 0 Å². The number of anilines is 2. The summed E-state index contributed by atoms with van der Waals surface area (Å²) in [4.78, 5) is 38.5. The number of piperazine rings is 2. The Balaban J connectivity index is 1.55. The second kappa shape index (κ2) is 7.64. The number of urea groups is 1. The Morgan fingerprint density at radius 3 is 2.44 bits per heavy atom. The van der Waals surface area contributed by atoms with Crippen molar-refractivity contribution in [2.75, 3.05) is 56.0 Å². The molecule has 9 heteroatoms. The third-order valence-electron chi connectivity index (χ3n) is 4.46. The minimum absolute atomic E-state index is 0.0262. The van der Waals surface area contributed by atoms with Crippen molar-refractivity contribution in [1.82, 2.24) is 25.1 Å². The molecule has 0 saturated carbocycles. The van der Waals surface area contributed by atoms with Gasteiger partial charge in [0.05, 0.1) is 18.1 Å². The van der Waals surface area contributed by atoms with Crippen LogP contribution in [-0.2, 0) is 4.79 Å². The first-order valence-corrected chi connectivity index (χ1v) is 8.67. The standard InChI is InChI=1S/C16H25N7O2/c1-12(2)23-8-7-22(11-14(23)24)16(25)20-13-9-18-15(19-10-13)21-5-3-17-4-6-21/h9-10,12,17H,3-8,11H2,1-2H3,(H,20,25). The number of hydrogen-bond acceptors (Lipinski definition) is 6. The average molecular weight is 347 g/mol. The van der Waals surface area contributed by atoms with E-state index in [1.165, 1.54) is 4.90 Å². The zero-order chi connectivity index (χ0) is 17.8. The van der Waals surface area contributed by atoms with E-state index < -0.39 is 0 Å². The van der Waals surface area contributed by atoms with Crippen molar-refractivity contribution in [3.63, 3.8) is 0 Å². The Kier molecular flexibility index (Phi) is 5.32. The van der Waals surface area contributed by atoms with Gasteiger partial charge in [-0.05, 0) is 13.8 Å². The third kappa shape index (κ3) is 4.16. The molecule has 0 radical (unpaired) electrons. The van der Waals surface area contributed by atoms with Gasteiger partial charge in [0.15, 0.2) is 0 Å². The molecule has 3 amide bonds. The van der Waals surface area contributed by atoms with E-state index in [0.717, 1.165) is 26.2 Å². The fourth-order valence-corrected chi connectivity index (χ4v) is 3.02. The molecule has 0 aromatic carbocycles. The molecule has 3 rings (SSSR count). The molecule has 0 aliphatic carbocycles. The number of amides is 3. The predicted octanol–water partition coefficient (Wildman–Crippen LogP) is -0.0293. The largest absolute Gasteiger partial charge is 0.338 e. The van der Waals surface area contributed by atoms with Gasteiger partial charge < -0.3 is 25.3 Å². The third-order valence-corrected chi connectivity index (χ3v) is 4.46. The first kappa shape index (κ1) is 17.4. The van der Waals surface area contributed by atoms with E-state index in [9.17, 15) is 9.59 Å². The molecule has 136 valence electrons. The van der Waals surface area contributed by atoms with Gasteiger partial charge in [0.2, 0.25) is 11.9 Å². The van der Waals surface area contributed by atoms with Crippen molar-refractivity contribution in [2.24, 2.45) is 0 Å². The lowest BCUT2D eigenvalue weighted by molar-refractivity contribution is -0.136. The molecule has 9 nitrogen and oxygen atoms in total. The molecule has 0 unspecified atom stereocenters. The lowest BCUT2D eigenvalue weighted by Gasteiger charge is -2.36. The van der Waals surface area contributed by atoms with Crippen LogP contribution in [0.25, 0.3) is 0 Å². The number of carbonyl (C=O) groups is 2. The number of hydrogen-bond donors (Lipinski definition) is 2. The van der Waals surface area contributed by atoms with Gasteiger partial charge in [0.25, 0.3) is 0 Å². The smallest absolute Gasteiger partial charge is 0.322 e. The molecular formula is C16H25N7O2. The second-order valence-corrected chi connectivity index (χ2v) is 6.54. The molecule has 2 fully saturated rings. The lowest BCUT2D eigenvalue weighted by atomic mass is 10.2. The minimum Gasteiger partial charge on any atom is -0.338 e. The van der Waals surface area contributed by atoms with Gasteiger partial charge >= 0.3 is 6.03 Å². The molecule has 3 heterocycles. The molecule has 0 spiro atoms. The van der Waals surface area contributed by atoms with Crippen LogP contribution in [0.2, 0.25) is 0 Å². The van der Waals surface area contributed by atoms with Gasteiger partial charge in [-0.3, -0.25) is 4.79 Å². The Morgan fingerprint density at radius 2 is 1.84 bits per heavy atom. The number of rotatable bonds is 3. The highest BCUT2D eigenvalue weighted by molar-refractivity contribution is 5.92. The quantitative estimate of drug-likeness (QED) is 0.798. The fourth-order valence-electron chi connectivity index (χ4n) is 3.02. The van der Waals surface area contributed by atoms with E-state index >= 15 is 0 Å². The molecule has 2 saturated heterocycles. The zero-order valence-electron chi connectivity index (χ0n) is 14.7. The summed E-state index contributed by atoms with van der Waals surface area (Å²) >= 11 is 0. The maximum atomic E-state index is 12.3. The normalized spacial score (nSPS) is 18.7. The van der Waals surface area contributed by atoms with E-state index in [2.05, 4.69) is 25.5 Å². The highest BCUT2D eigenvalue weighted by Crippen LogP contribution is 2.13. The second-order valence-electron chi connectivity index (χ2n) is 6.54. The fraction of sp³-hybridized carbons (Fsp3) is 0.625. The first-order valence-electron chi connectivity index (χ1n) is 8.67. The number of aromatic nitrogens is 2. The number of nitrogens with one attached hydrogen (secondary N) is 2. The van der Waals surface area contributed by atoms with Crippen LogP contribution < -0.4 is 15.5 Å². The van der Waals surface area contributed by atoms with Gasteiger partial charge in [0.1, 0.15) is 6.54 Å². The number of nitrogens with zero attached hydrogens (tertiary/aromatic N) is 5. The van der Waals surface area contributed by atoms with Crippen LogP contribution >= 0.6 is 0 Å². The molecule has 1 aromatic heterocycles. The van der Waals surface area contributed by atoms with Crippen LogP contribution in [0.3, 0.4) is 0 Å². The SMILES string of the molecule is CC(C)N1CCN(C(=O)Nc2cnc(N3CCNCC3)nc2)CC1=O. The summed E-state index contributed by atoms with van der Waals surface area (Å²) in [6.45, 7) is 8.70. The highest BCUT2D eigenvalue weighted by atomic mass is 16.2. The molecule has 2 N–H and O–H groups in total. The van der Waals surface area contributed by atoms with Crippen molar-refractivity contribution in [1.29, 1.82) is 0 Å². The van der Waals surface area contributed by atoms with Crippen LogP contribution in [0.4, 0.5) is 16.4 Å². The lowest BCUT2D eigenvalue weighted by Crippen LogP contribution is -2.55. The minimum atomic E-state index is -0.296. The molecule has 0 atom stereocenters. The van der Waals surface area contributed by atoms with Gasteiger partial charge in [0, 0.05) is 45.3 Å². The van der Waals surface area contributed by atoms with Crippen molar-refractivity contribution in [3.05, 3.63) is 12.4 Å². The molecule has 2 aliphatic rings. The van der Waals surface area contributed by atoms with E-state index in [1.807, 2.05) is 13.8 Å². The van der Waals surface area contributed by atoms with Crippen LogP contribution in [-0.4, -0.2) is 83.6 Å². The first-order chi connectivity index (χ1) is 12.0. The Bertz CT molecular complexity index is 613. The Hall–Kier alpha value is -2.42. The Labute approximate surface area is 147 Å². The molecular weight excluding hydrogens is 322 g/mol. The topological polar surface area (TPSA) is 93.7 Å². The summed E-state index contributed by atoms with van der Waals surface area (Å²) in [5, 5.41) is 6.05. The van der Waals surface area contributed by atoms with Crippen molar-refractivity contribution in [2.45, 2.75) is 19.9 Å². The summed E-state index contributed by atoms with van der Waals surface area (Å²) in [5.74, 6) is 0.641. The zero-order valence-corrected chi connectivity index (χ0v) is 14.7. The Morgan fingerprint density at radius 1 is 1.16 bits per heavy atom. The van der Waals surface area contributed by atoms with Crippen LogP contribution in [0.15, 0.2) is 12.4 Å². The maximum absolute atomic E-state index is 12.3. The van der Waals surface area contributed by atoms with Crippen LogP contribution in [0, 0.1) is 0 Å². The van der Waals surface area contributed by atoms with E-state index in [1.54, 1.807) is 17.3 Å². The van der Waals surface area contributed by atoms with Crippen molar-refractivity contribution in [3.8, 4) is 0 Å². The molecule has 2 aliphatic heterocycles. The molecule has 0 bridgehead atoms. The van der Waals surface area contributed by atoms with E-state index in [-0.39, 0.29) is 24.5 Å². The van der Waals surface area contributed by atoms with Crippen LogP contribution in [0.5, 0.6) is 0 Å². The van der Waals surface area contributed by atoms with Gasteiger partial charge in [-0.1, -0.05) is 0 Å². The maximum Gasteiger partial charge on any atom is 0.322 e. The summed E-state index contributed by atoms with van der Waals surface area (Å²) in [6.07, 6.45) is 3.21. The van der Waals surface area contributed by atoms with Crippen molar-refractivity contribution >= 4 is 23.6 Å². The summed E-state index contributed by atoms with van der Waals surface area (Å²) < 4.78 is 0.